The number of para-hydroxylation sites is 1. The van der Waals surface area contributed by atoms with Crippen molar-refractivity contribution in [2.45, 2.75) is 50.3 Å². The highest BCUT2D eigenvalue weighted by Crippen LogP contribution is 2.46. The fraction of sp³-hybridized carbons (Fsp3) is 0.458. The normalized spacial score (nSPS) is 19.1. The lowest BCUT2D eigenvalue weighted by Gasteiger charge is -2.46. The molecule has 2 aromatic rings. The molecule has 0 bridgehead atoms. The highest BCUT2D eigenvalue weighted by atomic mass is 32.2. The van der Waals surface area contributed by atoms with Gasteiger partial charge in [-0.05, 0) is 37.1 Å². The third-order valence-electron chi connectivity index (χ3n) is 6.32. The van der Waals surface area contributed by atoms with Crippen LogP contribution >= 0.6 is 0 Å². The second kappa shape index (κ2) is 11.5. The molecule has 2 N–H and O–H groups in total. The number of anilines is 1. The molecule has 9 nitrogen and oxygen atoms in total. The molecule has 3 heterocycles. The summed E-state index contributed by atoms with van der Waals surface area (Å²) in [5.74, 6) is -1.89. The number of hydrogen-bond acceptors (Lipinski definition) is 6. The lowest BCUT2D eigenvalue weighted by Crippen LogP contribution is -2.52. The van der Waals surface area contributed by atoms with Gasteiger partial charge in [-0.25, -0.2) is 17.5 Å². The number of benzene rings is 1. The number of carbonyl (C=O) groups excluding carboxylic acids is 1. The summed E-state index contributed by atoms with van der Waals surface area (Å²) in [6, 6.07) is 11.4. The van der Waals surface area contributed by atoms with Crippen LogP contribution in [0.3, 0.4) is 0 Å². The van der Waals surface area contributed by atoms with E-state index in [9.17, 15) is 26.4 Å². The molecule has 1 unspecified atom stereocenters. The number of nitrogens with zero attached hydrogens (tertiary/aromatic N) is 2. The predicted octanol–water partition coefficient (Wildman–Crippen LogP) is 3.79. The van der Waals surface area contributed by atoms with Gasteiger partial charge in [0, 0.05) is 44.5 Å². The number of halogens is 3. The van der Waals surface area contributed by atoms with Gasteiger partial charge < -0.3 is 15.2 Å². The SMILES string of the molecule is CCS(=O)(=O)N1CCC2(CC1)CC(CC(=O)Nc1cccnc1)c1ccccc1O2.O=C(O)C(F)(F)F. The summed E-state index contributed by atoms with van der Waals surface area (Å²) in [7, 11) is -3.20. The molecule has 37 heavy (non-hydrogen) atoms. The van der Waals surface area contributed by atoms with Crippen LogP contribution in [0.5, 0.6) is 5.75 Å². The van der Waals surface area contributed by atoms with E-state index in [1.165, 1.54) is 0 Å². The van der Waals surface area contributed by atoms with Gasteiger partial charge in [-0.15, -0.1) is 0 Å². The first-order valence-corrected chi connectivity index (χ1v) is 13.2. The van der Waals surface area contributed by atoms with Gasteiger partial charge >= 0.3 is 12.1 Å². The Morgan fingerprint density at radius 3 is 2.41 bits per heavy atom. The summed E-state index contributed by atoms with van der Waals surface area (Å²) >= 11 is 0. The molecule has 1 amide bonds. The van der Waals surface area contributed by atoms with Gasteiger partial charge in [0.1, 0.15) is 11.4 Å². The third-order valence-corrected chi connectivity index (χ3v) is 8.20. The van der Waals surface area contributed by atoms with Crippen molar-refractivity contribution in [2.24, 2.45) is 0 Å². The molecule has 2 aliphatic heterocycles. The van der Waals surface area contributed by atoms with Crippen LogP contribution < -0.4 is 10.1 Å². The summed E-state index contributed by atoms with van der Waals surface area (Å²) in [4.78, 5) is 25.6. The van der Waals surface area contributed by atoms with Gasteiger partial charge in [0.2, 0.25) is 15.9 Å². The minimum absolute atomic E-state index is 0.0148. The van der Waals surface area contributed by atoms with Crippen LogP contribution in [-0.4, -0.2) is 65.3 Å². The van der Waals surface area contributed by atoms with Crippen LogP contribution in [0, 0.1) is 0 Å². The third kappa shape index (κ3) is 7.41. The maximum atomic E-state index is 12.7. The number of rotatable bonds is 5. The number of aliphatic carboxylic acids is 1. The second-order valence-electron chi connectivity index (χ2n) is 8.82. The molecular formula is C24H28F3N3O6S. The Balaban J connectivity index is 0.000000479. The zero-order valence-electron chi connectivity index (χ0n) is 20.1. The Labute approximate surface area is 212 Å². The number of hydrogen-bond donors (Lipinski definition) is 2. The summed E-state index contributed by atoms with van der Waals surface area (Å²) in [5, 5.41) is 10.0. The molecule has 0 saturated carbocycles. The zero-order valence-corrected chi connectivity index (χ0v) is 20.9. The first kappa shape index (κ1) is 28.4. The van der Waals surface area contributed by atoms with E-state index in [2.05, 4.69) is 10.3 Å². The summed E-state index contributed by atoms with van der Waals surface area (Å²) in [6.07, 6.45) is 0.501. The monoisotopic (exact) mass is 543 g/mol. The van der Waals surface area contributed by atoms with Gasteiger partial charge in [0.05, 0.1) is 17.6 Å². The molecule has 0 radical (unpaired) electrons. The number of sulfonamides is 1. The Morgan fingerprint density at radius 2 is 1.84 bits per heavy atom. The second-order valence-corrected chi connectivity index (χ2v) is 11.1. The topological polar surface area (TPSA) is 126 Å². The maximum absolute atomic E-state index is 12.7. The van der Waals surface area contributed by atoms with E-state index in [-0.39, 0.29) is 17.6 Å². The average molecular weight is 544 g/mol. The van der Waals surface area contributed by atoms with Gasteiger partial charge in [0.15, 0.2) is 0 Å². The highest BCUT2D eigenvalue weighted by Gasteiger charge is 2.45. The van der Waals surface area contributed by atoms with E-state index in [1.807, 2.05) is 30.3 Å². The highest BCUT2D eigenvalue weighted by molar-refractivity contribution is 7.89. The molecule has 1 atom stereocenters. The van der Waals surface area contributed by atoms with E-state index in [0.29, 0.717) is 44.5 Å². The minimum Gasteiger partial charge on any atom is -0.487 e. The number of carboxylic acids is 1. The number of carbonyl (C=O) groups is 2. The van der Waals surface area contributed by atoms with Gasteiger partial charge in [-0.3, -0.25) is 9.78 Å². The van der Waals surface area contributed by atoms with Crippen LogP contribution in [0.2, 0.25) is 0 Å². The van der Waals surface area contributed by atoms with E-state index < -0.39 is 27.8 Å². The first-order chi connectivity index (χ1) is 17.3. The number of piperidine rings is 1. The van der Waals surface area contributed by atoms with E-state index in [4.69, 9.17) is 14.6 Å². The molecule has 13 heteroatoms. The zero-order chi connectivity index (χ0) is 27.3. The van der Waals surface area contributed by atoms with Crippen molar-refractivity contribution < 1.29 is 41.0 Å². The van der Waals surface area contributed by atoms with E-state index >= 15 is 0 Å². The number of fused-ring (bicyclic) bond motifs is 1. The van der Waals surface area contributed by atoms with E-state index in [1.54, 1.807) is 29.7 Å². The van der Waals surface area contributed by atoms with Crippen molar-refractivity contribution in [3.8, 4) is 5.75 Å². The fourth-order valence-corrected chi connectivity index (χ4v) is 5.56. The van der Waals surface area contributed by atoms with Crippen molar-refractivity contribution in [1.82, 2.24) is 9.29 Å². The molecular weight excluding hydrogens is 515 g/mol. The number of alkyl halides is 3. The van der Waals surface area contributed by atoms with E-state index in [0.717, 1.165) is 11.3 Å². The van der Waals surface area contributed by atoms with Crippen LogP contribution in [-0.2, 0) is 19.6 Å². The van der Waals surface area contributed by atoms with Gasteiger partial charge in [0.25, 0.3) is 0 Å². The Kier molecular flexibility index (Phi) is 8.80. The predicted molar refractivity (Wildman–Crippen MR) is 129 cm³/mol. The molecule has 1 aromatic heterocycles. The fourth-order valence-electron chi connectivity index (χ4n) is 4.46. The largest absolute Gasteiger partial charge is 0.490 e. The standard InChI is InChI=1S/C22H27N3O4S.C2HF3O2/c1-2-30(27,28)25-12-9-22(10-13-25)15-17(19-7-3-4-8-20(19)29-22)14-21(26)24-18-6-5-11-23-16-18;3-2(4,5)1(6)7/h3-8,11,16-17H,2,9-10,12-15H2,1H3,(H,24,26);(H,6,7). The number of carboxylic acid groups (broad SMARTS) is 1. The molecule has 4 rings (SSSR count). The minimum atomic E-state index is -5.08. The molecule has 1 aromatic carbocycles. The summed E-state index contributed by atoms with van der Waals surface area (Å²) in [6.45, 7) is 2.57. The Morgan fingerprint density at radius 1 is 1.19 bits per heavy atom. The average Bonchev–Trinajstić information content (AvgIpc) is 2.84. The number of ether oxygens (including phenoxy) is 1. The van der Waals surface area contributed by atoms with Gasteiger partial charge in [-0.1, -0.05) is 18.2 Å². The Bertz CT molecular complexity index is 1200. The quantitative estimate of drug-likeness (QED) is 0.588. The molecule has 0 aliphatic carbocycles. The smallest absolute Gasteiger partial charge is 0.487 e. The number of aromatic nitrogens is 1. The number of nitrogens with one attached hydrogen (secondary N) is 1. The van der Waals surface area contributed by atoms with Crippen molar-refractivity contribution >= 4 is 27.6 Å². The molecule has 1 fully saturated rings. The molecule has 2 aliphatic rings. The van der Waals surface area contributed by atoms with Crippen molar-refractivity contribution in [2.75, 3.05) is 24.2 Å². The molecule has 1 saturated heterocycles. The number of amides is 1. The first-order valence-electron chi connectivity index (χ1n) is 11.6. The molecule has 1 spiro atoms. The Hall–Kier alpha value is -3.19. The van der Waals surface area contributed by atoms with Crippen molar-refractivity contribution in [1.29, 1.82) is 0 Å². The molecule has 202 valence electrons. The van der Waals surface area contributed by atoms with Crippen molar-refractivity contribution in [3.63, 3.8) is 0 Å². The van der Waals surface area contributed by atoms with Crippen LogP contribution in [0.1, 0.15) is 44.1 Å². The maximum Gasteiger partial charge on any atom is 0.490 e. The van der Waals surface area contributed by atoms with Crippen LogP contribution in [0.25, 0.3) is 0 Å². The van der Waals surface area contributed by atoms with Crippen LogP contribution in [0.4, 0.5) is 18.9 Å². The summed E-state index contributed by atoms with van der Waals surface area (Å²) < 4.78 is 64.2. The summed E-state index contributed by atoms with van der Waals surface area (Å²) in [5.41, 5.74) is 1.27. The lowest BCUT2D eigenvalue weighted by atomic mass is 9.76. The van der Waals surface area contributed by atoms with Gasteiger partial charge in [-0.2, -0.15) is 13.2 Å². The van der Waals surface area contributed by atoms with Crippen LogP contribution in [0.15, 0.2) is 48.8 Å². The number of pyridine rings is 1. The van der Waals surface area contributed by atoms with Crippen molar-refractivity contribution in [3.05, 3.63) is 54.4 Å². The lowest BCUT2D eigenvalue weighted by molar-refractivity contribution is -0.192.